The van der Waals surface area contributed by atoms with Crippen LogP contribution in [0.4, 0.5) is 10.5 Å². The Kier molecular flexibility index (Phi) is 6.88. The van der Waals surface area contributed by atoms with Gasteiger partial charge in [0.15, 0.2) is 0 Å². The fraction of sp³-hybridized carbons (Fsp3) is 0.400. The van der Waals surface area contributed by atoms with Gasteiger partial charge in [-0.1, -0.05) is 17.7 Å². The molecular formula is C15H20N2O5. The van der Waals surface area contributed by atoms with E-state index in [0.717, 1.165) is 5.56 Å². The number of methoxy groups -OCH3 is 2. The number of amides is 2. The molecule has 120 valence electrons. The van der Waals surface area contributed by atoms with Crippen LogP contribution in [0, 0.1) is 6.92 Å². The fourth-order valence-corrected chi connectivity index (χ4v) is 1.64. The summed E-state index contributed by atoms with van der Waals surface area (Å²) in [6.07, 6.45) is -0.00515. The smallest absolute Gasteiger partial charge is 0.325 e. The van der Waals surface area contributed by atoms with E-state index in [-0.39, 0.29) is 19.5 Å². The second kappa shape index (κ2) is 8.66. The molecule has 0 atom stereocenters. The lowest BCUT2D eigenvalue weighted by atomic mass is 10.2. The Bertz CT molecular complexity index is 527. The topological polar surface area (TPSA) is 84.9 Å². The molecule has 7 heteroatoms. The number of carbonyl (C=O) groups excluding carboxylic acids is 3. The van der Waals surface area contributed by atoms with Gasteiger partial charge in [0.25, 0.3) is 0 Å². The summed E-state index contributed by atoms with van der Waals surface area (Å²) in [6.45, 7) is 1.75. The maximum absolute atomic E-state index is 12.2. The maximum atomic E-state index is 12.2. The number of hydrogen-bond donors (Lipinski definition) is 1. The molecule has 22 heavy (non-hydrogen) atoms. The molecule has 1 rings (SSSR count). The summed E-state index contributed by atoms with van der Waals surface area (Å²) >= 11 is 0. The van der Waals surface area contributed by atoms with Crippen LogP contribution >= 0.6 is 0 Å². The van der Waals surface area contributed by atoms with Crippen LogP contribution in [0.25, 0.3) is 0 Å². The van der Waals surface area contributed by atoms with Crippen molar-refractivity contribution in [3.8, 4) is 0 Å². The van der Waals surface area contributed by atoms with Crippen molar-refractivity contribution in [1.29, 1.82) is 0 Å². The number of urea groups is 1. The van der Waals surface area contributed by atoms with Gasteiger partial charge in [-0.3, -0.25) is 9.59 Å². The lowest BCUT2D eigenvalue weighted by Crippen LogP contribution is -2.40. The molecule has 1 N–H and O–H groups in total. The Morgan fingerprint density at radius 2 is 1.64 bits per heavy atom. The van der Waals surface area contributed by atoms with Gasteiger partial charge in [-0.2, -0.15) is 0 Å². The van der Waals surface area contributed by atoms with Crippen LogP contribution in [0.3, 0.4) is 0 Å². The number of esters is 2. The summed E-state index contributed by atoms with van der Waals surface area (Å²) in [6, 6.07) is 6.73. The van der Waals surface area contributed by atoms with Crippen LogP contribution in [0.15, 0.2) is 24.3 Å². The number of rotatable bonds is 6. The summed E-state index contributed by atoms with van der Waals surface area (Å²) in [5.41, 5.74) is 1.67. The highest BCUT2D eigenvalue weighted by atomic mass is 16.5. The SMILES string of the molecule is COC(=O)CCN(CC(=O)OC)C(=O)Nc1ccc(C)cc1. The number of ether oxygens (including phenoxy) is 2. The molecule has 0 aliphatic carbocycles. The Morgan fingerprint density at radius 1 is 1.05 bits per heavy atom. The van der Waals surface area contributed by atoms with Gasteiger partial charge in [0.1, 0.15) is 6.54 Å². The van der Waals surface area contributed by atoms with Crippen molar-refractivity contribution in [2.45, 2.75) is 13.3 Å². The van der Waals surface area contributed by atoms with E-state index in [1.54, 1.807) is 12.1 Å². The number of anilines is 1. The fourth-order valence-electron chi connectivity index (χ4n) is 1.64. The zero-order chi connectivity index (χ0) is 16.5. The standard InChI is InChI=1S/C15H20N2O5/c1-11-4-6-12(7-5-11)16-15(20)17(10-14(19)22-3)9-8-13(18)21-2/h4-7H,8-10H2,1-3H3,(H,16,20). The molecule has 1 aromatic carbocycles. The van der Waals surface area contributed by atoms with Crippen LogP contribution in [0.2, 0.25) is 0 Å². The van der Waals surface area contributed by atoms with E-state index in [1.807, 2.05) is 19.1 Å². The number of benzene rings is 1. The zero-order valence-corrected chi connectivity index (χ0v) is 12.9. The summed E-state index contributed by atoms with van der Waals surface area (Å²) in [7, 11) is 2.50. The second-order valence-corrected chi connectivity index (χ2v) is 4.62. The normalized spacial score (nSPS) is 9.77. The van der Waals surface area contributed by atoms with E-state index in [9.17, 15) is 14.4 Å². The van der Waals surface area contributed by atoms with Crippen molar-refractivity contribution >= 4 is 23.7 Å². The van der Waals surface area contributed by atoms with Crippen molar-refractivity contribution < 1.29 is 23.9 Å². The van der Waals surface area contributed by atoms with Crippen molar-refractivity contribution in [3.63, 3.8) is 0 Å². The molecule has 0 unspecified atom stereocenters. The van der Waals surface area contributed by atoms with E-state index in [0.29, 0.717) is 5.69 Å². The predicted molar refractivity (Wildman–Crippen MR) is 80.4 cm³/mol. The summed E-state index contributed by atoms with van der Waals surface area (Å²) in [4.78, 5) is 36.0. The molecular weight excluding hydrogens is 288 g/mol. The molecule has 0 aliphatic rings. The second-order valence-electron chi connectivity index (χ2n) is 4.62. The maximum Gasteiger partial charge on any atom is 0.325 e. The first-order chi connectivity index (χ1) is 10.5. The van der Waals surface area contributed by atoms with Gasteiger partial charge in [-0.15, -0.1) is 0 Å². The highest BCUT2D eigenvalue weighted by Crippen LogP contribution is 2.10. The number of nitrogens with zero attached hydrogens (tertiary/aromatic N) is 1. The van der Waals surface area contributed by atoms with Crippen LogP contribution < -0.4 is 5.32 Å². The summed E-state index contributed by atoms with van der Waals surface area (Å²) < 4.78 is 9.08. The first-order valence-corrected chi connectivity index (χ1v) is 6.72. The van der Waals surface area contributed by atoms with Crippen molar-refractivity contribution in [2.75, 3.05) is 32.6 Å². The number of carbonyl (C=O) groups is 3. The molecule has 2 amide bonds. The first-order valence-electron chi connectivity index (χ1n) is 6.72. The zero-order valence-electron chi connectivity index (χ0n) is 12.9. The number of aryl methyl sites for hydroxylation is 1. The molecule has 1 aromatic rings. The molecule has 0 saturated heterocycles. The van der Waals surface area contributed by atoms with Gasteiger partial charge >= 0.3 is 18.0 Å². The van der Waals surface area contributed by atoms with Crippen molar-refractivity contribution in [1.82, 2.24) is 4.90 Å². The van der Waals surface area contributed by atoms with Crippen LogP contribution in [-0.2, 0) is 19.1 Å². The number of nitrogens with one attached hydrogen (secondary N) is 1. The Labute approximate surface area is 129 Å². The molecule has 0 heterocycles. The largest absolute Gasteiger partial charge is 0.469 e. The highest BCUT2D eigenvalue weighted by molar-refractivity contribution is 5.91. The van der Waals surface area contributed by atoms with E-state index >= 15 is 0 Å². The third-order valence-electron chi connectivity index (χ3n) is 2.95. The summed E-state index contributed by atoms with van der Waals surface area (Å²) in [5.74, 6) is -1.03. The Morgan fingerprint density at radius 3 is 2.18 bits per heavy atom. The molecule has 0 fully saturated rings. The average Bonchev–Trinajstić information content (AvgIpc) is 2.52. The van der Waals surface area contributed by atoms with Crippen molar-refractivity contribution in [3.05, 3.63) is 29.8 Å². The summed E-state index contributed by atoms with van der Waals surface area (Å²) in [5, 5.41) is 2.67. The molecule has 0 aliphatic heterocycles. The van der Waals surface area contributed by atoms with Gasteiger partial charge in [0.2, 0.25) is 0 Å². The van der Waals surface area contributed by atoms with Crippen molar-refractivity contribution in [2.24, 2.45) is 0 Å². The minimum absolute atomic E-state index is 0.00515. The van der Waals surface area contributed by atoms with E-state index in [1.165, 1.54) is 19.1 Å². The number of hydrogen-bond acceptors (Lipinski definition) is 5. The van der Waals surface area contributed by atoms with Gasteiger partial charge in [-0.25, -0.2) is 4.79 Å². The highest BCUT2D eigenvalue weighted by Gasteiger charge is 2.19. The lowest BCUT2D eigenvalue weighted by molar-refractivity contribution is -0.143. The van der Waals surface area contributed by atoms with Crippen LogP contribution in [0.5, 0.6) is 0 Å². The minimum Gasteiger partial charge on any atom is -0.469 e. The van der Waals surface area contributed by atoms with Gasteiger partial charge < -0.3 is 19.7 Å². The van der Waals surface area contributed by atoms with Crippen LogP contribution in [-0.4, -0.2) is 50.2 Å². The Hall–Kier alpha value is -2.57. The molecule has 0 radical (unpaired) electrons. The lowest BCUT2D eigenvalue weighted by Gasteiger charge is -2.21. The molecule has 0 bridgehead atoms. The monoisotopic (exact) mass is 308 g/mol. The quantitative estimate of drug-likeness (QED) is 0.806. The molecule has 0 aromatic heterocycles. The average molecular weight is 308 g/mol. The predicted octanol–water partition coefficient (Wildman–Crippen LogP) is 1.57. The van der Waals surface area contributed by atoms with E-state index in [2.05, 4.69) is 14.8 Å². The first kappa shape index (κ1) is 17.5. The molecule has 7 nitrogen and oxygen atoms in total. The third-order valence-corrected chi connectivity index (χ3v) is 2.95. The van der Waals surface area contributed by atoms with E-state index in [4.69, 9.17) is 0 Å². The Balaban J connectivity index is 2.70. The van der Waals surface area contributed by atoms with E-state index < -0.39 is 18.0 Å². The van der Waals surface area contributed by atoms with Crippen LogP contribution in [0.1, 0.15) is 12.0 Å². The molecule has 0 spiro atoms. The third kappa shape index (κ3) is 5.82. The van der Waals surface area contributed by atoms with Gasteiger partial charge in [0.05, 0.1) is 20.6 Å². The minimum atomic E-state index is -0.566. The van der Waals surface area contributed by atoms with Gasteiger partial charge in [0, 0.05) is 12.2 Å². The van der Waals surface area contributed by atoms with Gasteiger partial charge in [-0.05, 0) is 19.1 Å². The molecule has 0 saturated carbocycles.